The number of benzene rings is 1. The molecule has 0 amide bonds. The monoisotopic (exact) mass is 387 g/mol. The summed E-state index contributed by atoms with van der Waals surface area (Å²) in [6.45, 7) is 3.47. The highest BCUT2D eigenvalue weighted by Crippen LogP contribution is 2.43. The predicted molar refractivity (Wildman–Crippen MR) is 115 cm³/mol. The minimum Gasteiger partial charge on any atom is -0.385 e. The van der Waals surface area contributed by atoms with E-state index in [1.54, 1.807) is 7.11 Å². The van der Waals surface area contributed by atoms with Gasteiger partial charge >= 0.3 is 0 Å². The molecule has 0 spiro atoms. The number of nitrogens with zero attached hydrogens (tertiary/aromatic N) is 1. The maximum Gasteiger partial charge on any atom is 0.190 e. The Balaban J connectivity index is 1.33. The number of rotatable bonds is 10. The number of aliphatic imine (C=N–C) groups is 1. The molecule has 1 unspecified atom stereocenters. The van der Waals surface area contributed by atoms with Crippen LogP contribution in [0.1, 0.15) is 62.2 Å². The van der Waals surface area contributed by atoms with Crippen LogP contribution in [0.2, 0.25) is 0 Å². The Labute approximate surface area is 170 Å². The van der Waals surface area contributed by atoms with E-state index in [-0.39, 0.29) is 6.10 Å². The van der Waals surface area contributed by atoms with Gasteiger partial charge in [0.05, 0.1) is 6.10 Å². The highest BCUT2D eigenvalue weighted by atomic mass is 16.5. The Morgan fingerprint density at radius 1 is 1.18 bits per heavy atom. The van der Waals surface area contributed by atoms with E-state index in [4.69, 9.17) is 9.47 Å². The van der Waals surface area contributed by atoms with Crippen molar-refractivity contribution in [1.82, 2.24) is 10.6 Å². The average Bonchev–Trinajstić information content (AvgIpc) is 2.71. The van der Waals surface area contributed by atoms with E-state index >= 15 is 0 Å². The van der Waals surface area contributed by atoms with Crippen molar-refractivity contribution in [3.63, 3.8) is 0 Å². The van der Waals surface area contributed by atoms with Gasteiger partial charge in [-0.1, -0.05) is 30.7 Å². The second-order valence-corrected chi connectivity index (χ2v) is 8.25. The third-order valence-electron chi connectivity index (χ3n) is 6.35. The second-order valence-electron chi connectivity index (χ2n) is 8.25. The number of ether oxygens (including phenoxy) is 2. The van der Waals surface area contributed by atoms with Crippen LogP contribution < -0.4 is 10.6 Å². The molecule has 1 saturated carbocycles. The molecule has 0 radical (unpaired) electrons. The van der Waals surface area contributed by atoms with Crippen molar-refractivity contribution in [2.24, 2.45) is 10.4 Å². The SMILES string of the molecule is CN=C(NCCCOC1CCCc2ccccc21)NCC1(CCOC)CCC1. The van der Waals surface area contributed by atoms with Gasteiger partial charge in [0, 0.05) is 40.5 Å². The standard InChI is InChI=1S/C23H37N3O2/c1-24-22(26-18-23(12-6-13-23)14-17-27-2)25-15-7-16-28-21-11-5-9-19-8-3-4-10-20(19)21/h3-4,8,10,21H,5-7,9,11-18H2,1-2H3,(H2,24,25,26). The molecule has 0 bridgehead atoms. The number of methoxy groups -OCH3 is 1. The maximum atomic E-state index is 6.20. The van der Waals surface area contributed by atoms with Crippen LogP contribution in [0.3, 0.4) is 0 Å². The van der Waals surface area contributed by atoms with Crippen LogP contribution in [-0.4, -0.2) is 46.4 Å². The summed E-state index contributed by atoms with van der Waals surface area (Å²) in [6.07, 6.45) is 9.83. The predicted octanol–water partition coefficient (Wildman–Crippen LogP) is 3.84. The number of nitrogens with one attached hydrogen (secondary N) is 2. The van der Waals surface area contributed by atoms with E-state index in [2.05, 4.69) is 39.9 Å². The molecule has 2 N–H and O–H groups in total. The Bertz CT molecular complexity index is 628. The van der Waals surface area contributed by atoms with E-state index in [1.165, 1.54) is 43.2 Å². The van der Waals surface area contributed by atoms with Crippen molar-refractivity contribution < 1.29 is 9.47 Å². The number of guanidine groups is 1. The van der Waals surface area contributed by atoms with Gasteiger partial charge < -0.3 is 20.1 Å². The van der Waals surface area contributed by atoms with Crippen molar-refractivity contribution in [3.05, 3.63) is 35.4 Å². The van der Waals surface area contributed by atoms with Crippen LogP contribution in [0.25, 0.3) is 0 Å². The summed E-state index contributed by atoms with van der Waals surface area (Å²) in [4.78, 5) is 4.37. The molecule has 2 aliphatic rings. The van der Waals surface area contributed by atoms with E-state index in [9.17, 15) is 0 Å². The van der Waals surface area contributed by atoms with Crippen molar-refractivity contribution in [2.75, 3.05) is 40.5 Å². The molecule has 28 heavy (non-hydrogen) atoms. The number of hydrogen-bond acceptors (Lipinski definition) is 3. The van der Waals surface area contributed by atoms with Crippen molar-refractivity contribution in [2.45, 2.75) is 57.5 Å². The molecule has 0 aromatic heterocycles. The van der Waals surface area contributed by atoms with Gasteiger partial charge in [-0.15, -0.1) is 0 Å². The van der Waals surface area contributed by atoms with Gasteiger partial charge in [0.1, 0.15) is 0 Å². The smallest absolute Gasteiger partial charge is 0.190 e. The lowest BCUT2D eigenvalue weighted by molar-refractivity contribution is 0.0397. The van der Waals surface area contributed by atoms with Crippen LogP contribution in [0.4, 0.5) is 0 Å². The van der Waals surface area contributed by atoms with Gasteiger partial charge in [-0.3, -0.25) is 4.99 Å². The first-order valence-corrected chi connectivity index (χ1v) is 10.9. The summed E-state index contributed by atoms with van der Waals surface area (Å²) in [7, 11) is 3.63. The van der Waals surface area contributed by atoms with Crippen LogP contribution >= 0.6 is 0 Å². The molecular weight excluding hydrogens is 350 g/mol. The lowest BCUT2D eigenvalue weighted by atomic mass is 9.67. The van der Waals surface area contributed by atoms with Crippen molar-refractivity contribution in [3.8, 4) is 0 Å². The highest BCUT2D eigenvalue weighted by molar-refractivity contribution is 5.79. The van der Waals surface area contributed by atoms with Crippen LogP contribution in [0.5, 0.6) is 0 Å². The van der Waals surface area contributed by atoms with Gasteiger partial charge in [0.2, 0.25) is 0 Å². The molecule has 5 nitrogen and oxygen atoms in total. The lowest BCUT2D eigenvalue weighted by Crippen LogP contribution is -2.47. The Morgan fingerprint density at radius 2 is 2.04 bits per heavy atom. The molecule has 156 valence electrons. The fraction of sp³-hybridized carbons (Fsp3) is 0.696. The first kappa shape index (κ1) is 21.1. The largest absolute Gasteiger partial charge is 0.385 e. The Morgan fingerprint density at radius 3 is 2.79 bits per heavy atom. The molecule has 1 aromatic rings. The number of aryl methyl sites for hydroxylation is 1. The lowest BCUT2D eigenvalue weighted by Gasteiger charge is -2.42. The molecule has 0 aliphatic heterocycles. The second kappa shape index (κ2) is 10.8. The van der Waals surface area contributed by atoms with Gasteiger partial charge in [0.25, 0.3) is 0 Å². The normalized spacial score (nSPS) is 20.9. The minimum atomic E-state index is 0.265. The zero-order valence-electron chi connectivity index (χ0n) is 17.6. The van der Waals surface area contributed by atoms with E-state index in [1.807, 2.05) is 7.05 Å². The number of fused-ring (bicyclic) bond motifs is 1. The van der Waals surface area contributed by atoms with Gasteiger partial charge in [-0.25, -0.2) is 0 Å². The summed E-state index contributed by atoms with van der Waals surface area (Å²) in [5.74, 6) is 0.895. The van der Waals surface area contributed by atoms with E-state index in [0.717, 1.165) is 51.5 Å². The molecule has 2 aliphatic carbocycles. The van der Waals surface area contributed by atoms with E-state index in [0.29, 0.717) is 5.41 Å². The third-order valence-corrected chi connectivity index (χ3v) is 6.35. The van der Waals surface area contributed by atoms with Crippen LogP contribution in [-0.2, 0) is 15.9 Å². The topological polar surface area (TPSA) is 54.9 Å². The fourth-order valence-electron chi connectivity index (χ4n) is 4.39. The Kier molecular flexibility index (Phi) is 8.16. The molecule has 3 rings (SSSR count). The zero-order chi connectivity index (χ0) is 19.7. The average molecular weight is 388 g/mol. The minimum absolute atomic E-state index is 0.265. The zero-order valence-corrected chi connectivity index (χ0v) is 17.6. The fourth-order valence-corrected chi connectivity index (χ4v) is 4.39. The molecule has 0 saturated heterocycles. The van der Waals surface area contributed by atoms with Crippen LogP contribution in [0, 0.1) is 5.41 Å². The molecule has 5 heteroatoms. The maximum absolute atomic E-state index is 6.20. The third kappa shape index (κ3) is 5.71. The van der Waals surface area contributed by atoms with Crippen molar-refractivity contribution in [1.29, 1.82) is 0 Å². The van der Waals surface area contributed by atoms with Crippen LogP contribution in [0.15, 0.2) is 29.3 Å². The van der Waals surface area contributed by atoms with Gasteiger partial charge in [-0.2, -0.15) is 0 Å². The van der Waals surface area contributed by atoms with Gasteiger partial charge in [0.15, 0.2) is 5.96 Å². The first-order chi connectivity index (χ1) is 13.8. The summed E-state index contributed by atoms with van der Waals surface area (Å²) in [6, 6.07) is 8.72. The summed E-state index contributed by atoms with van der Waals surface area (Å²) >= 11 is 0. The number of hydrogen-bond donors (Lipinski definition) is 2. The quantitative estimate of drug-likeness (QED) is 0.364. The molecule has 1 atom stereocenters. The summed E-state index contributed by atoms with van der Waals surface area (Å²) in [5.41, 5.74) is 3.24. The van der Waals surface area contributed by atoms with Gasteiger partial charge in [-0.05, 0) is 61.5 Å². The first-order valence-electron chi connectivity index (χ1n) is 10.9. The highest BCUT2D eigenvalue weighted by Gasteiger charge is 2.36. The molecule has 0 heterocycles. The Hall–Kier alpha value is -1.59. The van der Waals surface area contributed by atoms with Crippen molar-refractivity contribution >= 4 is 5.96 Å². The summed E-state index contributed by atoms with van der Waals surface area (Å²) in [5, 5.41) is 6.95. The summed E-state index contributed by atoms with van der Waals surface area (Å²) < 4.78 is 11.5. The molecular formula is C23H37N3O2. The molecule has 1 aromatic carbocycles. The molecule has 1 fully saturated rings. The van der Waals surface area contributed by atoms with E-state index < -0.39 is 0 Å².